The maximum absolute atomic E-state index is 13.7. The minimum Gasteiger partial charge on any atom is -0.350 e. The molecule has 0 saturated heterocycles. The van der Waals surface area contributed by atoms with Gasteiger partial charge >= 0.3 is 0 Å². The molecule has 6 heteroatoms. The van der Waals surface area contributed by atoms with Gasteiger partial charge in [-0.3, -0.25) is 9.59 Å². The second-order valence-electron chi connectivity index (χ2n) is 8.56. The first-order chi connectivity index (χ1) is 15.5. The largest absolute Gasteiger partial charge is 0.350 e. The van der Waals surface area contributed by atoms with Crippen molar-refractivity contribution in [1.29, 1.82) is 0 Å². The van der Waals surface area contributed by atoms with Gasteiger partial charge in [0.15, 0.2) is 0 Å². The van der Waals surface area contributed by atoms with Crippen molar-refractivity contribution in [2.75, 3.05) is 0 Å². The SMILES string of the molecule is Cc1ccccc1CN1C(=O)c2cc3ccsc3n2CC1(C)C(=O)NCc1ccccc1. The Morgan fingerprint density at radius 1 is 1.09 bits per heavy atom. The summed E-state index contributed by atoms with van der Waals surface area (Å²) in [6, 6.07) is 21.8. The lowest BCUT2D eigenvalue weighted by Gasteiger charge is -2.44. The van der Waals surface area contributed by atoms with Crippen molar-refractivity contribution in [1.82, 2.24) is 14.8 Å². The first-order valence-electron chi connectivity index (χ1n) is 10.7. The van der Waals surface area contributed by atoms with Gasteiger partial charge in [-0.15, -0.1) is 11.3 Å². The van der Waals surface area contributed by atoms with Crippen LogP contribution < -0.4 is 5.32 Å². The normalized spacial score (nSPS) is 18.1. The van der Waals surface area contributed by atoms with E-state index in [0.717, 1.165) is 26.9 Å². The number of carbonyl (C=O) groups excluding carboxylic acids is 2. The molecule has 4 aromatic rings. The highest BCUT2D eigenvalue weighted by Gasteiger charge is 2.47. The van der Waals surface area contributed by atoms with E-state index in [-0.39, 0.29) is 11.8 Å². The number of aromatic nitrogens is 1. The van der Waals surface area contributed by atoms with Gasteiger partial charge in [-0.1, -0.05) is 54.6 Å². The lowest BCUT2D eigenvalue weighted by Crippen LogP contribution is -2.63. The number of nitrogens with zero attached hydrogens (tertiary/aromatic N) is 2. The summed E-state index contributed by atoms with van der Waals surface area (Å²) in [7, 11) is 0. The fourth-order valence-corrected chi connectivity index (χ4v) is 5.33. The summed E-state index contributed by atoms with van der Waals surface area (Å²) in [5.74, 6) is -0.257. The van der Waals surface area contributed by atoms with Crippen LogP contribution in [0.3, 0.4) is 0 Å². The van der Waals surface area contributed by atoms with Gasteiger partial charge in [0, 0.05) is 18.5 Å². The van der Waals surface area contributed by atoms with Crippen LogP contribution in [0.4, 0.5) is 0 Å². The Morgan fingerprint density at radius 2 is 1.84 bits per heavy atom. The maximum Gasteiger partial charge on any atom is 0.271 e. The highest BCUT2D eigenvalue weighted by Crippen LogP contribution is 2.35. The lowest BCUT2D eigenvalue weighted by atomic mass is 9.93. The third-order valence-electron chi connectivity index (χ3n) is 6.40. The monoisotopic (exact) mass is 443 g/mol. The molecule has 32 heavy (non-hydrogen) atoms. The summed E-state index contributed by atoms with van der Waals surface area (Å²) in [5, 5.41) is 6.15. The van der Waals surface area contributed by atoms with Crippen LogP contribution in [-0.2, 0) is 24.4 Å². The Hall–Kier alpha value is -3.38. The van der Waals surface area contributed by atoms with Crippen LogP contribution in [0.25, 0.3) is 10.2 Å². The quantitative estimate of drug-likeness (QED) is 0.484. The lowest BCUT2D eigenvalue weighted by molar-refractivity contribution is -0.133. The molecule has 1 aliphatic rings. The Kier molecular flexibility index (Phi) is 5.10. The van der Waals surface area contributed by atoms with Gasteiger partial charge in [-0.25, -0.2) is 0 Å². The van der Waals surface area contributed by atoms with E-state index >= 15 is 0 Å². The second kappa shape index (κ2) is 7.95. The van der Waals surface area contributed by atoms with Crippen LogP contribution >= 0.6 is 11.3 Å². The van der Waals surface area contributed by atoms with Gasteiger partial charge in [0.25, 0.3) is 5.91 Å². The average Bonchev–Trinajstić information content (AvgIpc) is 3.39. The minimum absolute atomic E-state index is 0.111. The standard InChI is InChI=1S/C26H25N3O2S/c1-18-8-6-7-11-21(18)16-29-23(30)22-14-20-12-13-32-24(20)28(22)17-26(29,2)25(31)27-15-19-9-4-3-5-10-19/h3-14H,15-17H2,1-2H3,(H,27,31). The van der Waals surface area contributed by atoms with Crippen LogP contribution in [0.1, 0.15) is 34.1 Å². The molecular formula is C26H25N3O2S. The summed E-state index contributed by atoms with van der Waals surface area (Å²) in [4.78, 5) is 30.1. The molecule has 1 aliphatic heterocycles. The Balaban J connectivity index is 1.53. The molecule has 1 N–H and O–H groups in total. The molecule has 3 heterocycles. The fraction of sp³-hybridized carbons (Fsp3) is 0.231. The van der Waals surface area contributed by atoms with E-state index in [9.17, 15) is 9.59 Å². The van der Waals surface area contributed by atoms with Crippen molar-refractivity contribution in [2.24, 2.45) is 0 Å². The Labute approximate surface area is 191 Å². The van der Waals surface area contributed by atoms with Gasteiger partial charge in [0.2, 0.25) is 5.91 Å². The number of amides is 2. The van der Waals surface area contributed by atoms with Crippen molar-refractivity contribution in [3.8, 4) is 0 Å². The molecule has 0 aliphatic carbocycles. The van der Waals surface area contributed by atoms with Crippen molar-refractivity contribution in [3.05, 3.63) is 94.5 Å². The fourth-order valence-electron chi connectivity index (χ4n) is 4.43. The average molecular weight is 444 g/mol. The van der Waals surface area contributed by atoms with Crippen LogP contribution in [-0.4, -0.2) is 26.8 Å². The summed E-state index contributed by atoms with van der Waals surface area (Å²) in [5.41, 5.74) is 2.81. The number of aryl methyl sites for hydroxylation is 1. The van der Waals surface area contributed by atoms with Crippen LogP contribution in [0, 0.1) is 6.92 Å². The molecule has 2 amide bonds. The summed E-state index contributed by atoms with van der Waals surface area (Å²) in [6.45, 7) is 5.15. The van der Waals surface area contributed by atoms with E-state index in [1.54, 1.807) is 16.2 Å². The summed E-state index contributed by atoms with van der Waals surface area (Å²) < 4.78 is 2.01. The maximum atomic E-state index is 13.7. The first-order valence-corrected chi connectivity index (χ1v) is 11.6. The number of hydrogen-bond donors (Lipinski definition) is 1. The highest BCUT2D eigenvalue weighted by molar-refractivity contribution is 7.16. The summed E-state index contributed by atoms with van der Waals surface area (Å²) >= 11 is 1.60. The van der Waals surface area contributed by atoms with E-state index in [0.29, 0.717) is 25.3 Å². The predicted molar refractivity (Wildman–Crippen MR) is 128 cm³/mol. The molecule has 0 spiro atoms. The smallest absolute Gasteiger partial charge is 0.271 e. The van der Waals surface area contributed by atoms with Crippen molar-refractivity contribution >= 4 is 33.4 Å². The molecule has 5 rings (SSSR count). The second-order valence-corrected chi connectivity index (χ2v) is 9.45. The number of hydrogen-bond acceptors (Lipinski definition) is 3. The third kappa shape index (κ3) is 3.41. The number of benzene rings is 2. The molecule has 0 bridgehead atoms. The number of carbonyl (C=O) groups is 2. The number of thiophene rings is 1. The van der Waals surface area contributed by atoms with E-state index in [4.69, 9.17) is 0 Å². The molecule has 1 unspecified atom stereocenters. The molecule has 162 valence electrons. The van der Waals surface area contributed by atoms with Gasteiger partial charge in [-0.2, -0.15) is 0 Å². The topological polar surface area (TPSA) is 54.3 Å². The molecule has 2 aromatic heterocycles. The predicted octanol–water partition coefficient (Wildman–Crippen LogP) is 4.74. The van der Waals surface area contributed by atoms with E-state index < -0.39 is 5.54 Å². The molecule has 0 fully saturated rings. The Bertz CT molecular complexity index is 1310. The van der Waals surface area contributed by atoms with Crippen LogP contribution in [0.2, 0.25) is 0 Å². The highest BCUT2D eigenvalue weighted by atomic mass is 32.1. The van der Waals surface area contributed by atoms with E-state index in [1.165, 1.54) is 0 Å². The van der Waals surface area contributed by atoms with Crippen LogP contribution in [0.15, 0.2) is 72.1 Å². The van der Waals surface area contributed by atoms with Crippen LogP contribution in [0.5, 0.6) is 0 Å². The Morgan fingerprint density at radius 3 is 2.62 bits per heavy atom. The van der Waals surface area contributed by atoms with Gasteiger partial charge < -0.3 is 14.8 Å². The molecule has 5 nitrogen and oxygen atoms in total. The van der Waals surface area contributed by atoms with Crippen molar-refractivity contribution < 1.29 is 9.59 Å². The van der Waals surface area contributed by atoms with Gasteiger partial charge in [-0.05, 0) is 48.1 Å². The molecule has 2 aromatic carbocycles. The third-order valence-corrected chi connectivity index (χ3v) is 7.35. The van der Waals surface area contributed by atoms with E-state index in [1.807, 2.05) is 90.5 Å². The number of nitrogens with one attached hydrogen (secondary N) is 1. The van der Waals surface area contributed by atoms with E-state index in [2.05, 4.69) is 5.32 Å². The first kappa shape index (κ1) is 20.5. The van der Waals surface area contributed by atoms with Gasteiger partial charge in [0.1, 0.15) is 16.1 Å². The molecule has 1 atom stereocenters. The van der Waals surface area contributed by atoms with Gasteiger partial charge in [0.05, 0.1) is 6.54 Å². The number of fused-ring (bicyclic) bond motifs is 3. The molecule has 0 saturated carbocycles. The summed E-state index contributed by atoms with van der Waals surface area (Å²) in [6.07, 6.45) is 0. The van der Waals surface area contributed by atoms with Crippen molar-refractivity contribution in [3.63, 3.8) is 0 Å². The zero-order valence-electron chi connectivity index (χ0n) is 18.2. The zero-order valence-corrected chi connectivity index (χ0v) is 19.0. The van der Waals surface area contributed by atoms with Crippen molar-refractivity contribution in [2.45, 2.75) is 39.0 Å². The zero-order chi connectivity index (χ0) is 22.3. The molecular weight excluding hydrogens is 418 g/mol. The number of rotatable bonds is 5. The minimum atomic E-state index is -1.02. The molecule has 0 radical (unpaired) electrons.